The molecule has 0 amide bonds. The van der Waals surface area contributed by atoms with Gasteiger partial charge in [0, 0.05) is 20.3 Å². The van der Waals surface area contributed by atoms with Crippen LogP contribution in [0, 0.1) is 0 Å². The van der Waals surface area contributed by atoms with Crippen LogP contribution in [0.1, 0.15) is 25.3 Å². The Kier molecular flexibility index (Phi) is 7.43. The number of methoxy groups -OCH3 is 1. The summed E-state index contributed by atoms with van der Waals surface area (Å²) in [5.41, 5.74) is 1.28. The molecule has 0 aliphatic heterocycles. The predicted molar refractivity (Wildman–Crippen MR) is 70.4 cm³/mol. The van der Waals surface area contributed by atoms with Crippen LogP contribution < -0.4 is 10.1 Å². The lowest BCUT2D eigenvalue weighted by molar-refractivity contribution is 0.194. The summed E-state index contributed by atoms with van der Waals surface area (Å²) in [5, 5.41) is 3.38. The van der Waals surface area contributed by atoms with Gasteiger partial charge in [0.2, 0.25) is 0 Å². The highest BCUT2D eigenvalue weighted by molar-refractivity contribution is 5.27. The fourth-order valence-electron chi connectivity index (χ4n) is 1.50. The quantitative estimate of drug-likeness (QED) is 0.670. The molecule has 0 spiro atoms. The maximum absolute atomic E-state index is 5.53. The van der Waals surface area contributed by atoms with Gasteiger partial charge in [-0.25, -0.2) is 0 Å². The number of ether oxygens (including phenoxy) is 2. The third-order valence-corrected chi connectivity index (χ3v) is 2.43. The Labute approximate surface area is 104 Å². The molecule has 0 heterocycles. The second-order valence-corrected chi connectivity index (χ2v) is 4.02. The van der Waals surface area contributed by atoms with E-state index in [4.69, 9.17) is 9.47 Å². The second-order valence-electron chi connectivity index (χ2n) is 4.02. The van der Waals surface area contributed by atoms with E-state index in [1.54, 1.807) is 7.11 Å². The number of benzene rings is 1. The molecule has 0 aromatic heterocycles. The van der Waals surface area contributed by atoms with Gasteiger partial charge in [-0.05, 0) is 37.1 Å². The molecule has 17 heavy (non-hydrogen) atoms. The number of hydrogen-bond acceptors (Lipinski definition) is 3. The van der Waals surface area contributed by atoms with Gasteiger partial charge in [-0.15, -0.1) is 0 Å². The summed E-state index contributed by atoms with van der Waals surface area (Å²) in [7, 11) is 1.73. The van der Waals surface area contributed by atoms with E-state index in [1.807, 2.05) is 12.1 Å². The first-order valence-corrected chi connectivity index (χ1v) is 6.28. The zero-order chi connectivity index (χ0) is 12.3. The lowest BCUT2D eigenvalue weighted by Crippen LogP contribution is -2.15. The Morgan fingerprint density at radius 1 is 1.12 bits per heavy atom. The first-order valence-electron chi connectivity index (χ1n) is 6.28. The molecular weight excluding hydrogens is 214 g/mol. The van der Waals surface area contributed by atoms with Crippen LogP contribution in [0.25, 0.3) is 0 Å². The predicted octanol–water partition coefficient (Wildman–Crippen LogP) is 2.60. The van der Waals surface area contributed by atoms with Gasteiger partial charge in [-0.1, -0.05) is 19.1 Å². The largest absolute Gasteiger partial charge is 0.494 e. The SMILES string of the molecule is CCCOc1ccc(CNCCCOC)cc1. The highest BCUT2D eigenvalue weighted by Gasteiger charge is 1.95. The van der Waals surface area contributed by atoms with E-state index < -0.39 is 0 Å². The molecular formula is C14H23NO2. The fraction of sp³-hybridized carbons (Fsp3) is 0.571. The summed E-state index contributed by atoms with van der Waals surface area (Å²) in [6.07, 6.45) is 2.09. The van der Waals surface area contributed by atoms with E-state index in [9.17, 15) is 0 Å². The van der Waals surface area contributed by atoms with Gasteiger partial charge in [-0.3, -0.25) is 0 Å². The highest BCUT2D eigenvalue weighted by atomic mass is 16.5. The Bertz CT molecular complexity index is 285. The summed E-state index contributed by atoms with van der Waals surface area (Å²) in [5.74, 6) is 0.954. The van der Waals surface area contributed by atoms with E-state index in [0.717, 1.165) is 44.9 Å². The van der Waals surface area contributed by atoms with Gasteiger partial charge in [0.1, 0.15) is 5.75 Å². The van der Waals surface area contributed by atoms with Crippen molar-refractivity contribution in [2.75, 3.05) is 26.9 Å². The van der Waals surface area contributed by atoms with Gasteiger partial charge >= 0.3 is 0 Å². The van der Waals surface area contributed by atoms with E-state index in [0.29, 0.717) is 0 Å². The minimum Gasteiger partial charge on any atom is -0.494 e. The molecule has 0 bridgehead atoms. The summed E-state index contributed by atoms with van der Waals surface area (Å²) < 4.78 is 10.5. The van der Waals surface area contributed by atoms with Crippen LogP contribution in [0.3, 0.4) is 0 Å². The molecule has 0 aliphatic carbocycles. The van der Waals surface area contributed by atoms with Crippen LogP contribution in [0.4, 0.5) is 0 Å². The van der Waals surface area contributed by atoms with E-state index >= 15 is 0 Å². The molecule has 0 atom stereocenters. The molecule has 1 aromatic rings. The average molecular weight is 237 g/mol. The van der Waals surface area contributed by atoms with Crippen molar-refractivity contribution < 1.29 is 9.47 Å². The van der Waals surface area contributed by atoms with Crippen molar-refractivity contribution in [3.8, 4) is 5.75 Å². The van der Waals surface area contributed by atoms with Crippen molar-refractivity contribution in [1.29, 1.82) is 0 Å². The van der Waals surface area contributed by atoms with Crippen molar-refractivity contribution in [3.63, 3.8) is 0 Å². The second kappa shape index (κ2) is 9.02. The molecule has 0 saturated heterocycles. The third kappa shape index (κ3) is 6.29. The maximum atomic E-state index is 5.53. The minimum atomic E-state index is 0.786. The fourth-order valence-corrected chi connectivity index (χ4v) is 1.50. The standard InChI is InChI=1S/C14H23NO2/c1-3-10-17-14-7-5-13(6-8-14)12-15-9-4-11-16-2/h5-8,15H,3-4,9-12H2,1-2H3. The Morgan fingerprint density at radius 2 is 1.88 bits per heavy atom. The molecule has 1 aromatic carbocycles. The average Bonchev–Trinajstić information content (AvgIpc) is 2.37. The normalized spacial score (nSPS) is 10.5. The lowest BCUT2D eigenvalue weighted by Gasteiger charge is -2.07. The number of nitrogens with one attached hydrogen (secondary N) is 1. The van der Waals surface area contributed by atoms with Crippen molar-refractivity contribution >= 4 is 0 Å². The zero-order valence-electron chi connectivity index (χ0n) is 10.9. The van der Waals surface area contributed by atoms with Gasteiger partial charge in [-0.2, -0.15) is 0 Å². The summed E-state index contributed by atoms with van der Waals surface area (Å²) in [6.45, 7) is 5.60. The van der Waals surface area contributed by atoms with Crippen LogP contribution >= 0.6 is 0 Å². The molecule has 1 rings (SSSR count). The van der Waals surface area contributed by atoms with Crippen LogP contribution in [0.15, 0.2) is 24.3 Å². The topological polar surface area (TPSA) is 30.5 Å². The monoisotopic (exact) mass is 237 g/mol. The molecule has 0 fully saturated rings. The smallest absolute Gasteiger partial charge is 0.119 e. The Morgan fingerprint density at radius 3 is 2.53 bits per heavy atom. The molecule has 96 valence electrons. The van der Waals surface area contributed by atoms with Gasteiger partial charge < -0.3 is 14.8 Å². The first-order chi connectivity index (χ1) is 8.36. The summed E-state index contributed by atoms with van der Waals surface area (Å²) >= 11 is 0. The maximum Gasteiger partial charge on any atom is 0.119 e. The summed E-state index contributed by atoms with van der Waals surface area (Å²) in [6, 6.07) is 8.27. The zero-order valence-corrected chi connectivity index (χ0v) is 10.9. The molecule has 0 radical (unpaired) electrons. The number of hydrogen-bond donors (Lipinski definition) is 1. The van der Waals surface area contributed by atoms with Gasteiger partial charge in [0.15, 0.2) is 0 Å². The summed E-state index contributed by atoms with van der Waals surface area (Å²) in [4.78, 5) is 0. The van der Waals surface area contributed by atoms with Crippen LogP contribution in [0.2, 0.25) is 0 Å². The molecule has 3 nitrogen and oxygen atoms in total. The molecule has 0 saturated carbocycles. The molecule has 1 N–H and O–H groups in total. The molecule has 0 aliphatic rings. The number of rotatable bonds is 9. The molecule has 3 heteroatoms. The van der Waals surface area contributed by atoms with E-state index in [2.05, 4.69) is 24.4 Å². The highest BCUT2D eigenvalue weighted by Crippen LogP contribution is 2.12. The van der Waals surface area contributed by atoms with Gasteiger partial charge in [0.25, 0.3) is 0 Å². The van der Waals surface area contributed by atoms with E-state index in [-0.39, 0.29) is 0 Å². The first kappa shape index (κ1) is 14.0. The third-order valence-electron chi connectivity index (χ3n) is 2.43. The van der Waals surface area contributed by atoms with Crippen molar-refractivity contribution in [2.45, 2.75) is 26.3 Å². The van der Waals surface area contributed by atoms with Crippen LogP contribution in [0.5, 0.6) is 5.75 Å². The van der Waals surface area contributed by atoms with Gasteiger partial charge in [0.05, 0.1) is 6.61 Å². The minimum absolute atomic E-state index is 0.786. The van der Waals surface area contributed by atoms with Crippen molar-refractivity contribution in [1.82, 2.24) is 5.32 Å². The van der Waals surface area contributed by atoms with Crippen LogP contribution in [-0.4, -0.2) is 26.9 Å². The van der Waals surface area contributed by atoms with E-state index in [1.165, 1.54) is 5.56 Å². The Hall–Kier alpha value is -1.06. The lowest BCUT2D eigenvalue weighted by atomic mass is 10.2. The molecule has 0 unspecified atom stereocenters. The van der Waals surface area contributed by atoms with Crippen molar-refractivity contribution in [2.24, 2.45) is 0 Å². The van der Waals surface area contributed by atoms with Crippen LogP contribution in [-0.2, 0) is 11.3 Å². The Balaban J connectivity index is 2.20. The van der Waals surface area contributed by atoms with Crippen molar-refractivity contribution in [3.05, 3.63) is 29.8 Å².